The van der Waals surface area contributed by atoms with Gasteiger partial charge in [-0.05, 0) is 68.0 Å². The molecule has 0 bridgehead atoms. The van der Waals surface area contributed by atoms with E-state index in [2.05, 4.69) is 42.8 Å². The van der Waals surface area contributed by atoms with Crippen LogP contribution in [0.3, 0.4) is 0 Å². The first kappa shape index (κ1) is 34.2. The summed E-state index contributed by atoms with van der Waals surface area (Å²) < 4.78 is 1.06. The molecule has 2 unspecified atom stereocenters. The van der Waals surface area contributed by atoms with E-state index in [1.165, 1.54) is 12.8 Å². The number of pyridine rings is 1. The third-order valence-corrected chi connectivity index (χ3v) is 8.41. The molecule has 2 atom stereocenters. The molecule has 44 heavy (non-hydrogen) atoms. The van der Waals surface area contributed by atoms with Crippen molar-refractivity contribution in [3.63, 3.8) is 0 Å². The van der Waals surface area contributed by atoms with Crippen molar-refractivity contribution in [1.29, 1.82) is 5.26 Å². The van der Waals surface area contributed by atoms with Gasteiger partial charge >= 0.3 is 0 Å². The van der Waals surface area contributed by atoms with Crippen molar-refractivity contribution in [2.75, 3.05) is 13.1 Å². The number of aromatic nitrogens is 1. The molecule has 8 heteroatoms. The summed E-state index contributed by atoms with van der Waals surface area (Å²) >= 11 is 0. The number of unbranched alkanes of at least 4 members (excludes halogenated alkanes) is 2. The lowest BCUT2D eigenvalue weighted by Crippen LogP contribution is -2.39. The number of aromatic hydroxyl groups is 1. The Labute approximate surface area is 262 Å². The molecule has 1 aromatic heterocycles. The third kappa shape index (κ3) is 8.66. The van der Waals surface area contributed by atoms with Crippen LogP contribution >= 0.6 is 0 Å². The maximum absolute atomic E-state index is 13.8. The summed E-state index contributed by atoms with van der Waals surface area (Å²) in [5.41, 5.74) is 1.03. The Morgan fingerprint density at radius 1 is 0.909 bits per heavy atom. The minimum absolute atomic E-state index is 0.0282. The lowest BCUT2D eigenvalue weighted by atomic mass is 9.95. The molecule has 1 amide bonds. The van der Waals surface area contributed by atoms with Crippen molar-refractivity contribution in [2.45, 2.75) is 86.0 Å². The monoisotopic (exact) mass is 597 g/mol. The van der Waals surface area contributed by atoms with E-state index >= 15 is 0 Å². The van der Waals surface area contributed by atoms with Gasteiger partial charge in [-0.3, -0.25) is 9.59 Å². The van der Waals surface area contributed by atoms with Crippen molar-refractivity contribution in [2.24, 2.45) is 22.1 Å². The molecular weight excluding hydrogens is 550 g/mol. The lowest BCUT2D eigenvalue weighted by Gasteiger charge is -2.31. The molecule has 0 aliphatic carbocycles. The lowest BCUT2D eigenvalue weighted by molar-refractivity contribution is 0.0685. The topological polar surface area (TPSA) is 111 Å². The molecule has 0 aliphatic rings. The number of hydrogen-bond donors (Lipinski definition) is 1. The van der Waals surface area contributed by atoms with Crippen molar-refractivity contribution < 1.29 is 9.90 Å². The van der Waals surface area contributed by atoms with E-state index in [1.807, 2.05) is 6.07 Å². The summed E-state index contributed by atoms with van der Waals surface area (Å²) in [6.45, 7) is 11.9. The largest absolute Gasteiger partial charge is 0.493 e. The van der Waals surface area contributed by atoms with Crippen LogP contribution in [0.15, 0.2) is 69.6 Å². The smallest absolute Gasteiger partial charge is 0.276 e. The molecule has 1 N–H and O–H groups in total. The van der Waals surface area contributed by atoms with Crippen LogP contribution in [0.25, 0.3) is 5.69 Å². The van der Waals surface area contributed by atoms with Gasteiger partial charge < -0.3 is 10.0 Å². The van der Waals surface area contributed by atoms with Gasteiger partial charge in [0.2, 0.25) is 5.88 Å². The molecule has 3 rings (SSSR count). The van der Waals surface area contributed by atoms with Crippen molar-refractivity contribution in [1.82, 2.24) is 9.47 Å². The Bertz CT molecular complexity index is 1470. The standard InChI is InChI=1S/C36H47N5O3/c1-6-10-15-27(8-3)24-40(25-28(9-4)16-11-7-2)34(42)29-19-21-30(22-20-29)38-39-33-26(5)32(23-37)35(43)41(36(33)44)31-17-13-12-14-18-31/h12-14,17-22,27-28,44H,6-11,15-16,24-25H2,1-5H3/b39-38+. The Morgan fingerprint density at radius 3 is 1.98 bits per heavy atom. The predicted molar refractivity (Wildman–Crippen MR) is 176 cm³/mol. The van der Waals surface area contributed by atoms with Crippen LogP contribution in [-0.2, 0) is 0 Å². The van der Waals surface area contributed by atoms with Gasteiger partial charge in [0.15, 0.2) is 5.69 Å². The second-order valence-electron chi connectivity index (χ2n) is 11.6. The Hall–Kier alpha value is -4.25. The number of para-hydroxylation sites is 1. The fourth-order valence-electron chi connectivity index (χ4n) is 5.49. The number of azo groups is 1. The molecule has 0 saturated heterocycles. The Balaban J connectivity index is 1.90. The highest BCUT2D eigenvalue weighted by Crippen LogP contribution is 2.34. The summed E-state index contributed by atoms with van der Waals surface area (Å²) in [4.78, 5) is 28.9. The van der Waals surface area contributed by atoms with Gasteiger partial charge in [0, 0.05) is 24.2 Å². The molecule has 3 aromatic rings. The van der Waals surface area contributed by atoms with Gasteiger partial charge in [-0.15, -0.1) is 5.11 Å². The van der Waals surface area contributed by atoms with Crippen LogP contribution in [0.5, 0.6) is 5.88 Å². The number of nitriles is 1. The summed E-state index contributed by atoms with van der Waals surface area (Å²) in [5, 5.41) is 29.2. The van der Waals surface area contributed by atoms with Gasteiger partial charge in [0.1, 0.15) is 11.6 Å². The molecule has 234 valence electrons. The highest BCUT2D eigenvalue weighted by Gasteiger charge is 2.23. The van der Waals surface area contributed by atoms with Crippen LogP contribution in [0, 0.1) is 30.1 Å². The number of amides is 1. The molecular formula is C36H47N5O3. The van der Waals surface area contributed by atoms with Crippen molar-refractivity contribution in [3.05, 3.63) is 81.6 Å². The fraction of sp³-hybridized carbons (Fsp3) is 0.472. The van der Waals surface area contributed by atoms with Crippen LogP contribution in [0.1, 0.15) is 101 Å². The molecule has 0 radical (unpaired) electrons. The molecule has 0 fully saturated rings. The van der Waals surface area contributed by atoms with E-state index in [1.54, 1.807) is 61.5 Å². The Kier molecular flexibility index (Phi) is 13.3. The first-order chi connectivity index (χ1) is 21.3. The average Bonchev–Trinajstić information content (AvgIpc) is 3.04. The van der Waals surface area contributed by atoms with Gasteiger partial charge in [0.05, 0.1) is 11.4 Å². The first-order valence-electron chi connectivity index (χ1n) is 16.0. The van der Waals surface area contributed by atoms with Crippen LogP contribution in [-0.4, -0.2) is 33.6 Å². The highest BCUT2D eigenvalue weighted by atomic mass is 16.3. The number of carbonyl (C=O) groups excluding carboxylic acids is 1. The van der Waals surface area contributed by atoms with Gasteiger partial charge in [0.25, 0.3) is 11.5 Å². The summed E-state index contributed by atoms with van der Waals surface area (Å²) in [5.74, 6) is 0.583. The molecule has 2 aromatic carbocycles. The quantitative estimate of drug-likeness (QED) is 0.166. The first-order valence-corrected chi connectivity index (χ1v) is 16.0. The van der Waals surface area contributed by atoms with Crippen molar-refractivity contribution in [3.8, 4) is 17.6 Å². The van der Waals surface area contributed by atoms with E-state index in [4.69, 9.17) is 0 Å². The minimum atomic E-state index is -0.625. The van der Waals surface area contributed by atoms with Crippen LogP contribution in [0.4, 0.5) is 11.4 Å². The summed E-state index contributed by atoms with van der Waals surface area (Å²) in [7, 11) is 0. The van der Waals surface area contributed by atoms with Crippen molar-refractivity contribution >= 4 is 17.3 Å². The average molecular weight is 598 g/mol. The molecule has 0 spiro atoms. The Morgan fingerprint density at radius 2 is 1.48 bits per heavy atom. The second-order valence-corrected chi connectivity index (χ2v) is 11.6. The van der Waals surface area contributed by atoms with Gasteiger partial charge in [-0.25, -0.2) is 4.57 Å². The zero-order chi connectivity index (χ0) is 32.1. The number of nitrogens with zero attached hydrogens (tertiary/aromatic N) is 5. The zero-order valence-electron chi connectivity index (χ0n) is 26.9. The predicted octanol–water partition coefficient (Wildman–Crippen LogP) is 9.01. The maximum atomic E-state index is 13.8. The number of hydrogen-bond acceptors (Lipinski definition) is 6. The van der Waals surface area contributed by atoms with E-state index in [9.17, 15) is 20.0 Å². The zero-order valence-corrected chi connectivity index (χ0v) is 26.9. The number of carbonyl (C=O) groups is 1. The second kappa shape index (κ2) is 17.1. The fourth-order valence-corrected chi connectivity index (χ4v) is 5.49. The molecule has 1 heterocycles. The number of benzene rings is 2. The van der Waals surface area contributed by atoms with Crippen LogP contribution < -0.4 is 5.56 Å². The molecule has 0 saturated carbocycles. The summed E-state index contributed by atoms with van der Waals surface area (Å²) in [6.07, 6.45) is 8.98. The number of rotatable bonds is 16. The van der Waals surface area contributed by atoms with E-state index in [0.717, 1.165) is 56.2 Å². The molecule has 0 aliphatic heterocycles. The van der Waals surface area contributed by atoms with E-state index in [-0.39, 0.29) is 22.7 Å². The SMILES string of the molecule is CCCCC(CC)CN(CC(CC)CCCC)C(=O)c1ccc(/N=N/c2c(C)c(C#N)c(=O)n(-c3ccccc3)c2O)cc1. The summed E-state index contributed by atoms with van der Waals surface area (Å²) in [6, 6.07) is 17.5. The molecule has 8 nitrogen and oxygen atoms in total. The normalized spacial score (nSPS) is 12.6. The van der Waals surface area contributed by atoms with E-state index < -0.39 is 11.4 Å². The van der Waals surface area contributed by atoms with Gasteiger partial charge in [-0.2, -0.15) is 10.4 Å². The van der Waals surface area contributed by atoms with E-state index in [0.29, 0.717) is 28.8 Å². The van der Waals surface area contributed by atoms with Gasteiger partial charge in [-0.1, -0.05) is 84.4 Å². The maximum Gasteiger partial charge on any atom is 0.276 e. The van der Waals surface area contributed by atoms with Crippen LogP contribution in [0.2, 0.25) is 0 Å². The third-order valence-electron chi connectivity index (χ3n) is 8.41. The minimum Gasteiger partial charge on any atom is -0.493 e. The highest BCUT2D eigenvalue weighted by molar-refractivity contribution is 5.94.